The lowest BCUT2D eigenvalue weighted by molar-refractivity contribution is 0.108. The first-order valence-electron chi connectivity index (χ1n) is 7.10. The number of nitrogens with zero attached hydrogens (tertiary/aromatic N) is 2. The number of fused-ring (bicyclic) bond motifs is 1. The van der Waals surface area contributed by atoms with E-state index in [2.05, 4.69) is 9.83 Å². The molecule has 0 fully saturated rings. The summed E-state index contributed by atoms with van der Waals surface area (Å²) in [7, 11) is 0. The van der Waals surface area contributed by atoms with Crippen molar-refractivity contribution in [3.8, 4) is 0 Å². The summed E-state index contributed by atoms with van der Waals surface area (Å²) in [6.07, 6.45) is 0. The highest BCUT2D eigenvalue weighted by atomic mass is 32.2. The lowest BCUT2D eigenvalue weighted by Gasteiger charge is -2.06. The van der Waals surface area contributed by atoms with Gasteiger partial charge in [0, 0.05) is 11.1 Å². The fourth-order valence-electron chi connectivity index (χ4n) is 2.35. The second kappa shape index (κ2) is 6.30. The third kappa shape index (κ3) is 2.94. The van der Waals surface area contributed by atoms with Crippen LogP contribution in [0.4, 0.5) is 5.69 Å². The minimum atomic E-state index is -0.695. The van der Waals surface area contributed by atoms with Crippen molar-refractivity contribution in [2.24, 2.45) is 0 Å². The molecule has 0 radical (unpaired) electrons. The third-order valence-electron chi connectivity index (χ3n) is 3.44. The lowest BCUT2D eigenvalue weighted by Crippen LogP contribution is -2.11. The zero-order valence-electron chi connectivity index (χ0n) is 13.0. The van der Waals surface area contributed by atoms with Gasteiger partial charge in [-0.1, -0.05) is 18.2 Å². The number of carbonyl (C=O) groups is 1. The van der Waals surface area contributed by atoms with Crippen LogP contribution in [0.2, 0.25) is 0 Å². The molecular formula is C18H12N2O3S. The van der Waals surface area contributed by atoms with Gasteiger partial charge < -0.3 is 4.42 Å². The van der Waals surface area contributed by atoms with Crippen LogP contribution in [0.25, 0.3) is 15.8 Å². The molecule has 0 spiro atoms. The quantitative estimate of drug-likeness (QED) is 0.397. The van der Waals surface area contributed by atoms with Gasteiger partial charge in [-0.05, 0) is 49.4 Å². The minimum Gasteiger partial charge on any atom is -0.422 e. The van der Waals surface area contributed by atoms with Gasteiger partial charge in [-0.25, -0.2) is 9.64 Å². The summed E-state index contributed by atoms with van der Waals surface area (Å²) in [6, 6.07) is 10.3. The van der Waals surface area contributed by atoms with Gasteiger partial charge in [0.1, 0.15) is 16.2 Å². The summed E-state index contributed by atoms with van der Waals surface area (Å²) in [6.45, 7) is 10.9. The Morgan fingerprint density at radius 2 is 2.00 bits per heavy atom. The van der Waals surface area contributed by atoms with Crippen molar-refractivity contribution in [1.29, 1.82) is 0 Å². The van der Waals surface area contributed by atoms with Crippen molar-refractivity contribution in [2.45, 2.75) is 18.9 Å². The number of para-hydroxylation sites is 1. The Hall–Kier alpha value is -2.91. The van der Waals surface area contributed by atoms with Gasteiger partial charge in [0.05, 0.1) is 6.57 Å². The maximum absolute atomic E-state index is 12.5. The van der Waals surface area contributed by atoms with Crippen LogP contribution < -0.4 is 5.63 Å². The number of pyridine rings is 1. The Balaban J connectivity index is 2.04. The molecule has 0 aliphatic carbocycles. The number of aromatic nitrogens is 1. The smallest absolute Gasteiger partial charge is 0.348 e. The first-order chi connectivity index (χ1) is 11.5. The maximum Gasteiger partial charge on any atom is 0.348 e. The van der Waals surface area contributed by atoms with E-state index < -0.39 is 10.7 Å². The van der Waals surface area contributed by atoms with Gasteiger partial charge in [0.15, 0.2) is 0 Å². The normalized spacial score (nSPS) is 10.5. The number of aryl methyl sites for hydroxylation is 2. The molecule has 2 heterocycles. The molecule has 2 aromatic heterocycles. The van der Waals surface area contributed by atoms with Crippen molar-refractivity contribution in [3.05, 3.63) is 75.1 Å². The molecule has 5 nitrogen and oxygen atoms in total. The Labute approximate surface area is 142 Å². The summed E-state index contributed by atoms with van der Waals surface area (Å²) in [5.41, 5.74) is 1.45. The molecular weight excluding hydrogens is 324 g/mol. The van der Waals surface area contributed by atoms with E-state index in [0.717, 1.165) is 17.3 Å². The van der Waals surface area contributed by atoms with Crippen LogP contribution in [-0.4, -0.2) is 10.1 Å². The van der Waals surface area contributed by atoms with Gasteiger partial charge >= 0.3 is 5.63 Å². The largest absolute Gasteiger partial charge is 0.422 e. The molecule has 1 aromatic carbocycles. The number of benzene rings is 1. The highest BCUT2D eigenvalue weighted by Gasteiger charge is 2.19. The van der Waals surface area contributed by atoms with Crippen molar-refractivity contribution >= 4 is 33.5 Å². The van der Waals surface area contributed by atoms with Crippen molar-refractivity contribution in [1.82, 2.24) is 4.98 Å². The second-order valence-electron chi connectivity index (χ2n) is 5.22. The average molecular weight is 336 g/mol. The number of hydrogen-bond acceptors (Lipinski definition) is 5. The zero-order chi connectivity index (χ0) is 17.3. The summed E-state index contributed by atoms with van der Waals surface area (Å²) < 4.78 is 5.19. The van der Waals surface area contributed by atoms with E-state index in [1.165, 1.54) is 6.07 Å². The molecule has 118 valence electrons. The van der Waals surface area contributed by atoms with Crippen LogP contribution in [0.3, 0.4) is 0 Å². The fraction of sp³-hybridized carbons (Fsp3) is 0.111. The Morgan fingerprint density at radius 3 is 2.75 bits per heavy atom. The third-order valence-corrected chi connectivity index (χ3v) is 4.33. The number of hydrogen-bond donors (Lipinski definition) is 0. The predicted molar refractivity (Wildman–Crippen MR) is 92.6 cm³/mol. The van der Waals surface area contributed by atoms with E-state index in [-0.39, 0.29) is 5.56 Å². The highest BCUT2D eigenvalue weighted by Crippen LogP contribution is 2.33. The number of carbonyl (C=O) groups excluding carboxylic acids is 1. The number of thioether (sulfide) groups is 1. The fourth-order valence-corrected chi connectivity index (χ4v) is 3.27. The summed E-state index contributed by atoms with van der Waals surface area (Å²) in [4.78, 5) is 32.3. The van der Waals surface area contributed by atoms with Gasteiger partial charge in [0.2, 0.25) is 10.8 Å². The molecule has 3 rings (SSSR count). The minimum absolute atomic E-state index is 0.0596. The molecule has 0 unspecified atom stereocenters. The molecule has 0 N–H and O–H groups in total. The summed E-state index contributed by atoms with van der Waals surface area (Å²) in [5.74, 6) is 0. The molecule has 0 bridgehead atoms. The number of rotatable bonds is 2. The highest BCUT2D eigenvalue weighted by molar-refractivity contribution is 8.14. The average Bonchev–Trinajstić information content (AvgIpc) is 2.53. The van der Waals surface area contributed by atoms with Crippen LogP contribution in [-0.2, 0) is 0 Å². The van der Waals surface area contributed by atoms with Crippen LogP contribution in [0.15, 0.2) is 50.6 Å². The van der Waals surface area contributed by atoms with E-state index in [4.69, 9.17) is 11.0 Å². The van der Waals surface area contributed by atoms with E-state index >= 15 is 0 Å². The molecule has 3 aromatic rings. The molecule has 0 saturated carbocycles. The molecule has 0 saturated heterocycles. The van der Waals surface area contributed by atoms with Crippen LogP contribution in [0.5, 0.6) is 0 Å². The van der Waals surface area contributed by atoms with Crippen molar-refractivity contribution in [2.75, 3.05) is 0 Å². The van der Waals surface area contributed by atoms with E-state index in [0.29, 0.717) is 27.4 Å². The topological polar surface area (TPSA) is 64.5 Å². The van der Waals surface area contributed by atoms with E-state index in [1.54, 1.807) is 44.2 Å². The molecule has 0 atom stereocenters. The monoisotopic (exact) mass is 336 g/mol. The summed E-state index contributed by atoms with van der Waals surface area (Å²) in [5, 5.41) is 0.483. The molecule has 0 aliphatic heterocycles. The molecule has 0 amide bonds. The first-order valence-corrected chi connectivity index (χ1v) is 7.92. The van der Waals surface area contributed by atoms with Gasteiger partial charge in [0.25, 0.3) is 0 Å². The Bertz CT molecular complexity index is 1060. The lowest BCUT2D eigenvalue weighted by atomic mass is 10.2. The molecule has 24 heavy (non-hydrogen) atoms. The Kier molecular flexibility index (Phi) is 4.19. The molecule has 0 aliphatic rings. The van der Waals surface area contributed by atoms with Crippen molar-refractivity contribution < 1.29 is 9.21 Å². The first kappa shape index (κ1) is 16.0. The molecule has 6 heteroatoms. The van der Waals surface area contributed by atoms with E-state index in [9.17, 15) is 9.59 Å². The second-order valence-corrected chi connectivity index (χ2v) is 6.18. The Morgan fingerprint density at radius 1 is 1.25 bits per heavy atom. The van der Waals surface area contributed by atoms with Crippen LogP contribution >= 0.6 is 11.8 Å². The van der Waals surface area contributed by atoms with Crippen LogP contribution in [0, 0.1) is 20.4 Å². The van der Waals surface area contributed by atoms with Gasteiger partial charge in [-0.3, -0.25) is 9.78 Å². The zero-order valence-corrected chi connectivity index (χ0v) is 13.8. The SMILES string of the molecule is [C-]#[N+]c1c(C)cc(C)nc1SC(=O)c1cc2ccccc2oc1=O. The van der Waals surface area contributed by atoms with Crippen molar-refractivity contribution in [3.63, 3.8) is 0 Å². The summed E-state index contributed by atoms with van der Waals surface area (Å²) >= 11 is 0.775. The predicted octanol–water partition coefficient (Wildman–Crippen LogP) is 4.29. The van der Waals surface area contributed by atoms with Gasteiger partial charge in [-0.15, -0.1) is 0 Å². The van der Waals surface area contributed by atoms with E-state index in [1.807, 2.05) is 0 Å². The standard InChI is InChI=1S/C18H12N2O3S/c1-10-8-11(2)20-16(15(10)19-3)24-18(22)13-9-12-6-4-5-7-14(12)23-17(13)21/h4-9H,1-2H3. The maximum atomic E-state index is 12.5. The van der Waals surface area contributed by atoms with Gasteiger partial charge in [-0.2, -0.15) is 0 Å². The van der Waals surface area contributed by atoms with Crippen LogP contribution in [0.1, 0.15) is 21.6 Å².